The molecule has 3 rings (SSSR count). The molecule has 1 aromatic rings. The van der Waals surface area contributed by atoms with Crippen molar-refractivity contribution in [3.05, 3.63) is 35.9 Å². The molecule has 0 aromatic heterocycles. The summed E-state index contributed by atoms with van der Waals surface area (Å²) in [5, 5.41) is 5.77. The number of carbonyl (C=O) groups is 2. The van der Waals surface area contributed by atoms with E-state index in [0.717, 1.165) is 25.5 Å². The van der Waals surface area contributed by atoms with Crippen molar-refractivity contribution in [1.29, 1.82) is 0 Å². The lowest BCUT2D eigenvalue weighted by Crippen LogP contribution is -2.44. The van der Waals surface area contributed by atoms with Crippen LogP contribution in [0.25, 0.3) is 0 Å². The van der Waals surface area contributed by atoms with Gasteiger partial charge in [0.05, 0.1) is 6.54 Å². The van der Waals surface area contributed by atoms with Gasteiger partial charge in [0, 0.05) is 39.1 Å². The smallest absolute Gasteiger partial charge is 0.324 e. The molecule has 0 spiro atoms. The molecule has 2 heterocycles. The minimum atomic E-state index is -0.317. The minimum Gasteiger partial charge on any atom is -0.354 e. The average Bonchev–Trinajstić information content (AvgIpc) is 3.21. The summed E-state index contributed by atoms with van der Waals surface area (Å²) in [6.07, 6.45) is 1.09. The number of guanidine groups is 1. The van der Waals surface area contributed by atoms with E-state index in [1.165, 1.54) is 10.5 Å². The van der Waals surface area contributed by atoms with Gasteiger partial charge in [0.25, 0.3) is 0 Å². The Labute approximate surface area is 164 Å². The largest absolute Gasteiger partial charge is 0.354 e. The first kappa shape index (κ1) is 19.5. The van der Waals surface area contributed by atoms with Crippen LogP contribution in [0.2, 0.25) is 0 Å². The van der Waals surface area contributed by atoms with E-state index in [9.17, 15) is 9.59 Å². The van der Waals surface area contributed by atoms with Crippen molar-refractivity contribution >= 4 is 41.9 Å². The van der Waals surface area contributed by atoms with Gasteiger partial charge in [-0.3, -0.25) is 14.7 Å². The molecule has 0 radical (unpaired) electrons. The molecule has 0 aliphatic carbocycles. The van der Waals surface area contributed by atoms with Gasteiger partial charge in [0.15, 0.2) is 5.96 Å². The van der Waals surface area contributed by atoms with Gasteiger partial charge in [-0.1, -0.05) is 30.3 Å². The van der Waals surface area contributed by atoms with Gasteiger partial charge < -0.3 is 15.5 Å². The highest BCUT2D eigenvalue weighted by molar-refractivity contribution is 14.0. The second kappa shape index (κ2) is 9.02. The van der Waals surface area contributed by atoms with Crippen molar-refractivity contribution in [2.24, 2.45) is 4.99 Å². The molecule has 7 nitrogen and oxygen atoms in total. The molecule has 0 bridgehead atoms. The van der Waals surface area contributed by atoms with Crippen LogP contribution in [0.5, 0.6) is 0 Å². The maximum atomic E-state index is 11.6. The van der Waals surface area contributed by atoms with Crippen molar-refractivity contribution in [3.63, 3.8) is 0 Å². The molecule has 1 aromatic carbocycles. The van der Waals surface area contributed by atoms with Crippen LogP contribution in [-0.4, -0.2) is 67.5 Å². The number of halogens is 1. The van der Waals surface area contributed by atoms with Crippen LogP contribution in [0.4, 0.5) is 4.79 Å². The molecule has 2 N–H and O–H groups in total. The molecule has 2 aliphatic heterocycles. The first-order valence-electron chi connectivity index (χ1n) is 8.28. The summed E-state index contributed by atoms with van der Waals surface area (Å²) in [5.41, 5.74) is 1.36. The lowest BCUT2D eigenvalue weighted by molar-refractivity contribution is -0.124. The number of urea groups is 1. The van der Waals surface area contributed by atoms with Crippen molar-refractivity contribution in [2.75, 3.05) is 39.8 Å². The van der Waals surface area contributed by atoms with Gasteiger partial charge in [0.2, 0.25) is 5.91 Å². The zero-order chi connectivity index (χ0) is 16.9. The van der Waals surface area contributed by atoms with Gasteiger partial charge in [0.1, 0.15) is 0 Å². The number of aliphatic imine (C=N–C) groups is 1. The summed E-state index contributed by atoms with van der Waals surface area (Å²) in [7, 11) is 1.76. The first-order valence-corrected chi connectivity index (χ1v) is 8.28. The number of likely N-dealkylation sites (tertiary alicyclic amines) is 1. The predicted octanol–water partition coefficient (Wildman–Crippen LogP) is 1.22. The van der Waals surface area contributed by atoms with E-state index < -0.39 is 0 Å². The van der Waals surface area contributed by atoms with E-state index in [-0.39, 0.29) is 42.5 Å². The molecule has 2 fully saturated rings. The van der Waals surface area contributed by atoms with Crippen LogP contribution in [-0.2, 0) is 4.79 Å². The molecule has 2 saturated heterocycles. The first-order chi connectivity index (χ1) is 11.7. The zero-order valence-corrected chi connectivity index (χ0v) is 16.6. The number of nitrogens with one attached hydrogen (secondary N) is 2. The summed E-state index contributed by atoms with van der Waals surface area (Å²) in [4.78, 5) is 30.9. The summed E-state index contributed by atoms with van der Waals surface area (Å²) in [6, 6.07) is 10.2. The zero-order valence-electron chi connectivity index (χ0n) is 14.3. The maximum Gasteiger partial charge on any atom is 0.324 e. The van der Waals surface area contributed by atoms with Gasteiger partial charge in [-0.2, -0.15) is 0 Å². The third-order valence-electron chi connectivity index (χ3n) is 4.53. The normalized spacial score (nSPS) is 20.5. The highest BCUT2D eigenvalue weighted by atomic mass is 127. The predicted molar refractivity (Wildman–Crippen MR) is 107 cm³/mol. The fourth-order valence-corrected chi connectivity index (χ4v) is 3.24. The molecular formula is C17H24IN5O2. The second-order valence-corrected chi connectivity index (χ2v) is 6.02. The van der Waals surface area contributed by atoms with Crippen LogP contribution < -0.4 is 10.6 Å². The van der Waals surface area contributed by atoms with E-state index in [1.54, 1.807) is 7.05 Å². The maximum absolute atomic E-state index is 11.6. The Hall–Kier alpha value is -1.84. The third-order valence-corrected chi connectivity index (χ3v) is 4.53. The lowest BCUT2D eigenvalue weighted by atomic mass is 9.99. The van der Waals surface area contributed by atoms with Gasteiger partial charge in [-0.25, -0.2) is 4.79 Å². The number of nitrogens with zero attached hydrogens (tertiary/aromatic N) is 3. The van der Waals surface area contributed by atoms with Gasteiger partial charge in [-0.15, -0.1) is 24.0 Å². The number of hydrogen-bond acceptors (Lipinski definition) is 3. The quantitative estimate of drug-likeness (QED) is 0.309. The van der Waals surface area contributed by atoms with E-state index in [0.29, 0.717) is 19.0 Å². The molecule has 0 saturated carbocycles. The Morgan fingerprint density at radius 1 is 1.32 bits per heavy atom. The number of carbonyl (C=O) groups excluding carboxylic acids is 2. The van der Waals surface area contributed by atoms with Gasteiger partial charge in [-0.05, 0) is 12.0 Å². The van der Waals surface area contributed by atoms with E-state index in [4.69, 9.17) is 0 Å². The van der Waals surface area contributed by atoms with Crippen molar-refractivity contribution in [3.8, 4) is 0 Å². The molecule has 1 unspecified atom stereocenters. The highest BCUT2D eigenvalue weighted by Gasteiger charge is 2.29. The Kier molecular flexibility index (Phi) is 7.03. The Bertz CT molecular complexity index is 621. The minimum absolute atomic E-state index is 0. The summed E-state index contributed by atoms with van der Waals surface area (Å²) >= 11 is 0. The lowest BCUT2D eigenvalue weighted by Gasteiger charge is -2.22. The highest BCUT2D eigenvalue weighted by Crippen LogP contribution is 2.26. The molecular weight excluding hydrogens is 433 g/mol. The fourth-order valence-electron chi connectivity index (χ4n) is 3.24. The Morgan fingerprint density at radius 2 is 2.08 bits per heavy atom. The SMILES string of the molecule is CN=C(NCCN1C(=O)CNC1=O)N1CCC(c2ccccc2)C1.I. The molecule has 8 heteroatoms. The van der Waals surface area contributed by atoms with Crippen molar-refractivity contribution in [1.82, 2.24) is 20.4 Å². The molecule has 25 heavy (non-hydrogen) atoms. The van der Waals surface area contributed by atoms with E-state index in [1.807, 2.05) is 6.07 Å². The van der Waals surface area contributed by atoms with Crippen LogP contribution >= 0.6 is 24.0 Å². The van der Waals surface area contributed by atoms with Crippen LogP contribution in [0.15, 0.2) is 35.3 Å². The number of rotatable bonds is 4. The van der Waals surface area contributed by atoms with E-state index in [2.05, 4.69) is 44.8 Å². The molecule has 136 valence electrons. The molecule has 1 atom stereocenters. The standard InChI is InChI=1S/C17H23N5O2.HI/c1-18-16(19-8-10-22-15(23)11-20-17(22)24)21-9-7-14(12-21)13-5-3-2-4-6-13;/h2-6,14H,7-12H2,1H3,(H,18,19)(H,20,24);1H. The van der Waals surface area contributed by atoms with Gasteiger partial charge >= 0.3 is 6.03 Å². The van der Waals surface area contributed by atoms with Crippen molar-refractivity contribution in [2.45, 2.75) is 12.3 Å². The van der Waals surface area contributed by atoms with Crippen LogP contribution in [0.1, 0.15) is 17.9 Å². The van der Waals surface area contributed by atoms with E-state index >= 15 is 0 Å². The summed E-state index contributed by atoms with van der Waals surface area (Å²) < 4.78 is 0. The summed E-state index contributed by atoms with van der Waals surface area (Å²) in [5.74, 6) is 1.15. The Balaban J connectivity index is 0.00000225. The van der Waals surface area contributed by atoms with Crippen molar-refractivity contribution < 1.29 is 9.59 Å². The summed E-state index contributed by atoms with van der Waals surface area (Å²) in [6.45, 7) is 2.81. The number of amides is 3. The number of imide groups is 1. The van der Waals surface area contributed by atoms with Crippen LogP contribution in [0, 0.1) is 0 Å². The fraction of sp³-hybridized carbons (Fsp3) is 0.471. The third kappa shape index (κ3) is 4.62. The number of benzene rings is 1. The molecule has 3 amide bonds. The molecule has 2 aliphatic rings. The van der Waals surface area contributed by atoms with Crippen LogP contribution in [0.3, 0.4) is 0 Å². The topological polar surface area (TPSA) is 77.0 Å². The number of hydrogen-bond donors (Lipinski definition) is 2. The second-order valence-electron chi connectivity index (χ2n) is 6.02. The monoisotopic (exact) mass is 457 g/mol. The Morgan fingerprint density at radius 3 is 2.72 bits per heavy atom. The average molecular weight is 457 g/mol.